The van der Waals surface area contributed by atoms with Crippen LogP contribution in [-0.4, -0.2) is 42.6 Å². The second-order valence-corrected chi connectivity index (χ2v) is 5.33. The Bertz CT molecular complexity index is 714. The summed E-state index contributed by atoms with van der Waals surface area (Å²) in [7, 11) is 3.04. The fourth-order valence-electron chi connectivity index (χ4n) is 2.13. The van der Waals surface area contributed by atoms with Crippen LogP contribution in [0.25, 0.3) is 10.8 Å². The lowest BCUT2D eigenvalue weighted by molar-refractivity contribution is -0.137. The third kappa shape index (κ3) is 3.00. The highest BCUT2D eigenvalue weighted by atomic mass is 79.9. The van der Waals surface area contributed by atoms with E-state index in [1.54, 1.807) is 31.4 Å². The minimum atomic E-state index is -1.05. The van der Waals surface area contributed by atoms with Gasteiger partial charge in [-0.15, -0.1) is 0 Å². The lowest BCUT2D eigenvalue weighted by atomic mass is 10.0. The number of likely N-dealkylation sites (N-methyl/N-ethyl adjacent to an activating group) is 1. The summed E-state index contributed by atoms with van der Waals surface area (Å²) in [6, 6.07) is 8.87. The highest BCUT2D eigenvalue weighted by Crippen LogP contribution is 2.34. The van der Waals surface area contributed by atoms with Crippen LogP contribution < -0.4 is 4.74 Å². The number of hydrogen-bond donors (Lipinski definition) is 1. The number of fused-ring (bicyclic) bond motifs is 1. The molecule has 0 spiro atoms. The van der Waals surface area contributed by atoms with Crippen molar-refractivity contribution in [1.82, 2.24) is 4.90 Å². The molecule has 0 aromatic heterocycles. The van der Waals surface area contributed by atoms with E-state index >= 15 is 0 Å². The molecule has 0 fully saturated rings. The number of carboxylic acids is 1. The molecule has 110 valence electrons. The van der Waals surface area contributed by atoms with E-state index in [1.165, 1.54) is 11.9 Å². The van der Waals surface area contributed by atoms with E-state index < -0.39 is 5.97 Å². The highest BCUT2D eigenvalue weighted by Gasteiger charge is 2.18. The third-order valence-corrected chi connectivity index (χ3v) is 3.95. The molecular weight excluding hydrogens is 338 g/mol. The summed E-state index contributed by atoms with van der Waals surface area (Å²) in [4.78, 5) is 24.3. The molecule has 21 heavy (non-hydrogen) atoms. The van der Waals surface area contributed by atoms with Crippen LogP contribution in [0.2, 0.25) is 0 Å². The van der Waals surface area contributed by atoms with Gasteiger partial charge >= 0.3 is 5.97 Å². The first-order chi connectivity index (χ1) is 9.95. The van der Waals surface area contributed by atoms with Gasteiger partial charge < -0.3 is 14.7 Å². The molecule has 1 amide bonds. The molecule has 0 aliphatic rings. The molecule has 2 aromatic carbocycles. The predicted molar refractivity (Wildman–Crippen MR) is 82.8 cm³/mol. The summed E-state index contributed by atoms with van der Waals surface area (Å²) in [6.45, 7) is -0.341. The SMILES string of the molecule is COc1ccc2c(C(=O)N(C)CC(=O)O)cccc2c1Br. The number of aliphatic carboxylic acids is 1. The summed E-state index contributed by atoms with van der Waals surface area (Å²) >= 11 is 3.46. The molecule has 0 atom stereocenters. The molecule has 0 aliphatic carbocycles. The third-order valence-electron chi connectivity index (χ3n) is 3.13. The van der Waals surface area contributed by atoms with Gasteiger partial charge in [0, 0.05) is 18.0 Å². The van der Waals surface area contributed by atoms with Gasteiger partial charge in [0.05, 0.1) is 11.6 Å². The topological polar surface area (TPSA) is 66.8 Å². The van der Waals surface area contributed by atoms with E-state index in [4.69, 9.17) is 9.84 Å². The van der Waals surface area contributed by atoms with Crippen LogP contribution in [0.15, 0.2) is 34.8 Å². The maximum Gasteiger partial charge on any atom is 0.323 e. The van der Waals surface area contributed by atoms with Crippen LogP contribution in [0.5, 0.6) is 5.75 Å². The molecule has 0 saturated heterocycles. The van der Waals surface area contributed by atoms with Gasteiger partial charge in [0.1, 0.15) is 12.3 Å². The largest absolute Gasteiger partial charge is 0.496 e. The number of methoxy groups -OCH3 is 1. The number of carbonyl (C=O) groups excluding carboxylic acids is 1. The Morgan fingerprint density at radius 3 is 2.57 bits per heavy atom. The summed E-state index contributed by atoms with van der Waals surface area (Å²) in [6.07, 6.45) is 0. The fraction of sp³-hybridized carbons (Fsp3) is 0.200. The van der Waals surface area contributed by atoms with Crippen LogP contribution in [-0.2, 0) is 4.79 Å². The molecular formula is C15H14BrNO4. The van der Waals surface area contributed by atoms with E-state index in [0.717, 1.165) is 15.2 Å². The summed E-state index contributed by atoms with van der Waals surface area (Å²) in [5.41, 5.74) is 0.458. The lowest BCUT2D eigenvalue weighted by Gasteiger charge is -2.16. The van der Waals surface area contributed by atoms with Crippen LogP contribution in [0.4, 0.5) is 0 Å². The quantitative estimate of drug-likeness (QED) is 0.919. The molecule has 2 aromatic rings. The van der Waals surface area contributed by atoms with Crippen LogP contribution >= 0.6 is 15.9 Å². The zero-order valence-electron chi connectivity index (χ0n) is 11.6. The van der Waals surface area contributed by atoms with E-state index in [2.05, 4.69) is 15.9 Å². The van der Waals surface area contributed by atoms with Gasteiger partial charge in [-0.2, -0.15) is 0 Å². The van der Waals surface area contributed by atoms with Crippen molar-refractivity contribution < 1.29 is 19.4 Å². The first-order valence-electron chi connectivity index (χ1n) is 6.18. The second-order valence-electron chi connectivity index (χ2n) is 4.54. The molecule has 2 rings (SSSR count). The Kier molecular flexibility index (Phi) is 4.47. The van der Waals surface area contributed by atoms with Crippen molar-refractivity contribution in [3.05, 3.63) is 40.4 Å². The van der Waals surface area contributed by atoms with E-state index in [1.807, 2.05) is 6.07 Å². The van der Waals surface area contributed by atoms with Gasteiger partial charge in [0.2, 0.25) is 0 Å². The number of rotatable bonds is 4. The number of carboxylic acid groups (broad SMARTS) is 1. The summed E-state index contributed by atoms with van der Waals surface area (Å²) in [5.74, 6) is -0.708. The standard InChI is InChI=1S/C15H14BrNO4/c1-17(8-13(18)19)15(20)11-5-3-4-10-9(11)6-7-12(21-2)14(10)16/h3-7H,8H2,1-2H3,(H,18,19). The maximum atomic E-state index is 12.4. The molecule has 0 bridgehead atoms. The van der Waals surface area contributed by atoms with Gasteiger partial charge in [0.15, 0.2) is 0 Å². The van der Waals surface area contributed by atoms with Gasteiger partial charge in [-0.25, -0.2) is 0 Å². The number of benzene rings is 2. The number of amides is 1. The molecule has 0 unspecified atom stereocenters. The average Bonchev–Trinajstić information content (AvgIpc) is 2.46. The minimum Gasteiger partial charge on any atom is -0.496 e. The van der Waals surface area contributed by atoms with E-state index in [9.17, 15) is 9.59 Å². The van der Waals surface area contributed by atoms with Crippen LogP contribution in [0.3, 0.4) is 0 Å². The molecule has 5 nitrogen and oxygen atoms in total. The number of ether oxygens (including phenoxy) is 1. The van der Waals surface area contributed by atoms with Crippen molar-refractivity contribution in [1.29, 1.82) is 0 Å². The smallest absolute Gasteiger partial charge is 0.323 e. The number of halogens is 1. The first kappa shape index (κ1) is 15.3. The van der Waals surface area contributed by atoms with Crippen molar-refractivity contribution >= 4 is 38.6 Å². The van der Waals surface area contributed by atoms with Crippen LogP contribution in [0, 0.1) is 0 Å². The second kappa shape index (κ2) is 6.13. The number of nitrogens with zero attached hydrogens (tertiary/aromatic N) is 1. The zero-order valence-corrected chi connectivity index (χ0v) is 13.2. The molecule has 0 saturated carbocycles. The van der Waals surface area contributed by atoms with Gasteiger partial charge in [-0.1, -0.05) is 12.1 Å². The average molecular weight is 352 g/mol. The molecule has 0 heterocycles. The Balaban J connectivity index is 2.53. The van der Waals surface area contributed by atoms with E-state index in [0.29, 0.717) is 11.3 Å². The minimum absolute atomic E-state index is 0.333. The Morgan fingerprint density at radius 1 is 1.24 bits per heavy atom. The van der Waals surface area contributed by atoms with Gasteiger partial charge in [0.25, 0.3) is 5.91 Å². The van der Waals surface area contributed by atoms with E-state index in [-0.39, 0.29) is 12.5 Å². The first-order valence-corrected chi connectivity index (χ1v) is 6.97. The summed E-state index contributed by atoms with van der Waals surface area (Å²) in [5, 5.41) is 10.4. The number of carbonyl (C=O) groups is 2. The van der Waals surface area contributed by atoms with Crippen molar-refractivity contribution in [2.75, 3.05) is 20.7 Å². The lowest BCUT2D eigenvalue weighted by Crippen LogP contribution is -2.32. The zero-order chi connectivity index (χ0) is 15.6. The van der Waals surface area contributed by atoms with Crippen molar-refractivity contribution in [3.63, 3.8) is 0 Å². The highest BCUT2D eigenvalue weighted by molar-refractivity contribution is 9.10. The van der Waals surface area contributed by atoms with Gasteiger partial charge in [-0.05, 0) is 39.5 Å². The number of hydrogen-bond acceptors (Lipinski definition) is 3. The summed E-state index contributed by atoms with van der Waals surface area (Å²) < 4.78 is 6.00. The molecule has 0 aliphatic heterocycles. The Hall–Kier alpha value is -2.08. The predicted octanol–water partition coefficient (Wildman–Crippen LogP) is 2.77. The maximum absolute atomic E-state index is 12.4. The normalized spacial score (nSPS) is 10.4. The van der Waals surface area contributed by atoms with Crippen molar-refractivity contribution in [2.45, 2.75) is 0 Å². The van der Waals surface area contributed by atoms with Crippen molar-refractivity contribution in [2.24, 2.45) is 0 Å². The molecule has 6 heteroatoms. The van der Waals surface area contributed by atoms with Crippen LogP contribution in [0.1, 0.15) is 10.4 Å². The molecule has 1 N–H and O–H groups in total. The fourth-order valence-corrected chi connectivity index (χ4v) is 2.77. The monoisotopic (exact) mass is 351 g/mol. The Morgan fingerprint density at radius 2 is 1.95 bits per heavy atom. The Labute approximate surface area is 130 Å². The van der Waals surface area contributed by atoms with Gasteiger partial charge in [-0.3, -0.25) is 9.59 Å². The molecule has 0 radical (unpaired) electrons. The van der Waals surface area contributed by atoms with Crippen molar-refractivity contribution in [3.8, 4) is 5.75 Å².